The highest BCUT2D eigenvalue weighted by atomic mass is 19.1. The lowest BCUT2D eigenvalue weighted by Gasteiger charge is -2.51. The number of hydrogen-bond acceptors (Lipinski definition) is 16. The van der Waals surface area contributed by atoms with Gasteiger partial charge >= 0.3 is 5.97 Å². The Hall–Kier alpha value is -4.76. The van der Waals surface area contributed by atoms with Crippen LogP contribution in [0.25, 0.3) is 11.1 Å². The molecule has 0 radical (unpaired) electrons. The van der Waals surface area contributed by atoms with E-state index in [1.807, 2.05) is 113 Å². The summed E-state index contributed by atoms with van der Waals surface area (Å²) in [7, 11) is 5.30. The fraction of sp³-hybridized carbons (Fsp3) is 0.742. The number of nitrogens with two attached hydrogens (primary N) is 2. The van der Waals surface area contributed by atoms with Crippen molar-refractivity contribution in [2.24, 2.45) is 52.1 Å². The molecule has 2 aromatic heterocycles. The van der Waals surface area contributed by atoms with Gasteiger partial charge in [0.25, 0.3) is 0 Å². The molecule has 1 aliphatic carbocycles. The summed E-state index contributed by atoms with van der Waals surface area (Å²) in [6.45, 7) is 23.4. The molecule has 0 spiro atoms. The van der Waals surface area contributed by atoms with Crippen molar-refractivity contribution in [3.8, 4) is 11.1 Å². The number of hydrogen-bond donors (Lipinski definition) is 3. The molecule has 3 aromatic rings. The maximum absolute atomic E-state index is 15.1. The third kappa shape index (κ3) is 17.7. The monoisotopic (exact) mass is 1190 g/mol. The molecule has 17 atom stereocenters. The van der Waals surface area contributed by atoms with Gasteiger partial charge in [-0.1, -0.05) is 129 Å². The van der Waals surface area contributed by atoms with Crippen LogP contribution in [0, 0.1) is 46.3 Å². The number of alkyl halides is 1. The molecular weight excluding hydrogens is 1080 g/mol. The average molecular weight is 1190 g/mol. The summed E-state index contributed by atoms with van der Waals surface area (Å²) in [5, 5.41) is 20.6. The van der Waals surface area contributed by atoms with Gasteiger partial charge in [-0.15, -0.1) is 5.10 Å². The van der Waals surface area contributed by atoms with Gasteiger partial charge < -0.3 is 49.9 Å². The Morgan fingerprint density at radius 3 is 2.28 bits per heavy atom. The third-order valence-electron chi connectivity index (χ3n) is 19.5. The standard InChI is InChI=1S/C66H105FN8O10/c1-16-29-65(11)34-53(83-45(8)60(65)78)57(44(7)62(79)84-54(17-2)64(9,10)35-55(68)76)43(6)61(66(12,81-15)33-41(4)58(77)40(3)20-18-21-46-22-19-23-46)85-56-32-51(31-42(5)82-56)74(13)30-28-50-39-75(73-72-50)52(36-67)59(80-14)48-26-24-47(25-27-48)49-37-70-63(69)71-38-49/h16,24-27,29,37-46,51-54,56-57,59-61,78H,17-23,28,30-36H2,1-15H3,(H2,68,76)(H2,69,70,71)/b29-16+/t40-,41-,42-,43+,44-,45+,51+,52-,53?,54-,56+,57+,59-,60+,61-,65-,66-/m1/s1. The van der Waals surface area contributed by atoms with Crippen molar-refractivity contribution in [2.45, 2.75) is 233 Å². The highest BCUT2D eigenvalue weighted by molar-refractivity contribution is 5.83. The minimum Gasteiger partial charge on any atom is -0.462 e. The number of aliphatic hydroxyl groups excluding tert-OH is 1. The number of ether oxygens (including phenoxy) is 6. The third-order valence-corrected chi connectivity index (χ3v) is 19.5. The maximum atomic E-state index is 15.1. The molecule has 6 rings (SSSR count). The number of nitrogens with zero attached hydrogens (tertiary/aromatic N) is 6. The first kappa shape index (κ1) is 69.3. The molecule has 2 saturated heterocycles. The smallest absolute Gasteiger partial charge is 0.309 e. The molecule has 1 aromatic carbocycles. The molecule has 2 aliphatic heterocycles. The van der Waals surface area contributed by atoms with E-state index >= 15 is 4.39 Å². The predicted octanol–water partition coefficient (Wildman–Crippen LogP) is 10.8. The van der Waals surface area contributed by atoms with E-state index in [2.05, 4.69) is 39.2 Å². The predicted molar refractivity (Wildman–Crippen MR) is 327 cm³/mol. The first-order valence-corrected chi connectivity index (χ1v) is 31.4. The van der Waals surface area contributed by atoms with Crippen LogP contribution < -0.4 is 11.5 Å². The first-order valence-electron chi connectivity index (χ1n) is 31.4. The number of halogens is 1. The van der Waals surface area contributed by atoms with Crippen LogP contribution >= 0.6 is 0 Å². The summed E-state index contributed by atoms with van der Waals surface area (Å²) in [6, 6.07) is 6.85. The van der Waals surface area contributed by atoms with Gasteiger partial charge in [-0.25, -0.2) is 19.0 Å². The molecule has 476 valence electrons. The lowest BCUT2D eigenvalue weighted by Crippen LogP contribution is -2.58. The number of ketones is 1. The van der Waals surface area contributed by atoms with Gasteiger partial charge in [-0.05, 0) is 89.8 Å². The van der Waals surface area contributed by atoms with E-state index in [4.69, 9.17) is 39.9 Å². The number of benzene rings is 1. The van der Waals surface area contributed by atoms with Gasteiger partial charge in [0.1, 0.15) is 30.7 Å². The summed E-state index contributed by atoms with van der Waals surface area (Å²) in [4.78, 5) is 52.2. The molecule has 19 heteroatoms. The van der Waals surface area contributed by atoms with E-state index < -0.39 is 108 Å². The van der Waals surface area contributed by atoms with Gasteiger partial charge in [-0.3, -0.25) is 14.4 Å². The van der Waals surface area contributed by atoms with Gasteiger partial charge in [0, 0.05) is 98.8 Å². The maximum Gasteiger partial charge on any atom is 0.309 e. The normalized spacial score (nSPS) is 26.3. The molecule has 1 unspecified atom stereocenters. The number of carbonyl (C=O) groups excluding carboxylic acids is 3. The summed E-state index contributed by atoms with van der Waals surface area (Å²) in [5.74, 6) is -2.20. The zero-order valence-electron chi connectivity index (χ0n) is 53.9. The van der Waals surface area contributed by atoms with Gasteiger partial charge in [0.2, 0.25) is 11.9 Å². The number of anilines is 1. The van der Waals surface area contributed by atoms with E-state index in [9.17, 15) is 19.5 Å². The van der Waals surface area contributed by atoms with E-state index in [0.717, 1.165) is 41.9 Å². The Balaban J connectivity index is 1.28. The van der Waals surface area contributed by atoms with Gasteiger partial charge in [0.15, 0.2) is 6.29 Å². The van der Waals surface area contributed by atoms with Crippen LogP contribution in [0.4, 0.5) is 10.3 Å². The molecule has 1 amide bonds. The number of esters is 1. The van der Waals surface area contributed by atoms with E-state index in [1.165, 1.54) is 19.3 Å². The number of rotatable bonds is 33. The highest BCUT2D eigenvalue weighted by Gasteiger charge is 2.54. The Morgan fingerprint density at radius 2 is 1.69 bits per heavy atom. The number of amides is 1. The van der Waals surface area contributed by atoms with Crippen LogP contribution in [0.3, 0.4) is 0 Å². The van der Waals surface area contributed by atoms with Crippen LogP contribution in [0.5, 0.6) is 0 Å². The zero-order chi connectivity index (χ0) is 62.6. The van der Waals surface area contributed by atoms with Crippen LogP contribution in [0.15, 0.2) is 55.0 Å². The second-order valence-corrected chi connectivity index (χ2v) is 26.7. The molecule has 18 nitrogen and oxygen atoms in total. The Labute approximate surface area is 506 Å². The Morgan fingerprint density at radius 1 is 1.01 bits per heavy atom. The Kier molecular flexibility index (Phi) is 25.2. The summed E-state index contributed by atoms with van der Waals surface area (Å²) >= 11 is 0. The van der Waals surface area contributed by atoms with Crippen molar-refractivity contribution in [3.63, 3.8) is 0 Å². The minimum atomic E-state index is -1.10. The average Bonchev–Trinajstić information content (AvgIpc) is 3.82. The molecule has 0 bridgehead atoms. The van der Waals surface area contributed by atoms with E-state index in [-0.39, 0.29) is 36.2 Å². The molecule has 85 heavy (non-hydrogen) atoms. The number of Topliss-reactive ketones (excluding diaryl/α,β-unsaturated/α-hetero) is 1. The molecule has 3 aliphatic rings. The molecule has 4 heterocycles. The SMILES string of the molecule is C/C=C/[C@]1(C)CC([C@@H]([C@H](C)[C@@H](O[C@H]2C[C@@H](N(C)CCc3cn([C@H](CF)[C@H](OC)c4ccc(-c5cnc(N)nc5)cc4)nn3)C[C@@H](C)O2)[C@@](C)(C[C@@H](C)C(=O)[C@H](C)CCCC2CCC2)OC)[C@@H](C)C(=O)O[C@H](CC)C(C)(C)CC(N)=O)O[C@@H](C)[C@@H]1O. The molecule has 1 saturated carbocycles. The van der Waals surface area contributed by atoms with Gasteiger partial charge in [-0.2, -0.15) is 0 Å². The van der Waals surface area contributed by atoms with E-state index in [1.54, 1.807) is 37.5 Å². The molecule has 5 N–H and O–H groups in total. The van der Waals surface area contributed by atoms with Crippen molar-refractivity contribution in [1.29, 1.82) is 0 Å². The van der Waals surface area contributed by atoms with Crippen LogP contribution in [0.1, 0.15) is 184 Å². The van der Waals surface area contributed by atoms with Crippen LogP contribution in [-0.4, -0.2) is 142 Å². The van der Waals surface area contributed by atoms with Crippen molar-refractivity contribution in [3.05, 3.63) is 66.3 Å². The number of likely N-dealkylation sites (N-methyl/N-ethyl adjacent to an activating group) is 1. The molecule has 3 fully saturated rings. The minimum absolute atomic E-state index is 0.000867. The number of primary amides is 1. The second kappa shape index (κ2) is 30.9. The number of aromatic nitrogens is 5. The lowest BCUT2D eigenvalue weighted by molar-refractivity contribution is -0.275. The van der Waals surface area contributed by atoms with Crippen molar-refractivity contribution < 1.29 is 52.3 Å². The fourth-order valence-electron chi connectivity index (χ4n) is 14.2. The van der Waals surface area contributed by atoms with Crippen molar-refractivity contribution in [2.75, 3.05) is 40.2 Å². The quantitative estimate of drug-likeness (QED) is 0.0380. The van der Waals surface area contributed by atoms with Crippen molar-refractivity contribution in [1.82, 2.24) is 29.9 Å². The first-order chi connectivity index (χ1) is 40.2. The second-order valence-electron chi connectivity index (χ2n) is 26.7. The van der Waals surface area contributed by atoms with Crippen LogP contribution in [0.2, 0.25) is 0 Å². The summed E-state index contributed by atoms with van der Waals surface area (Å²) in [6.07, 6.45) is 13.9. The number of carbonyl (C=O) groups is 3. The summed E-state index contributed by atoms with van der Waals surface area (Å²) < 4.78 is 56.8. The number of allylic oxidation sites excluding steroid dienone is 1. The highest BCUT2D eigenvalue weighted by Crippen LogP contribution is 2.48. The molecular formula is C66H105FN8O10. The zero-order valence-corrected chi connectivity index (χ0v) is 53.9. The number of aliphatic hydroxyl groups is 1. The Bertz CT molecular complexity index is 2600. The largest absolute Gasteiger partial charge is 0.462 e. The summed E-state index contributed by atoms with van der Waals surface area (Å²) in [5.41, 5.74) is 12.0. The van der Waals surface area contributed by atoms with Crippen LogP contribution in [-0.2, 0) is 49.2 Å². The fourth-order valence-corrected chi connectivity index (χ4v) is 14.2. The van der Waals surface area contributed by atoms with Gasteiger partial charge in [0.05, 0.1) is 47.7 Å². The van der Waals surface area contributed by atoms with Crippen molar-refractivity contribution >= 4 is 23.6 Å². The lowest BCUT2D eigenvalue weighted by atomic mass is 9.65. The number of methoxy groups -OCH3 is 2. The van der Waals surface area contributed by atoms with E-state index in [0.29, 0.717) is 50.8 Å². The topological polar surface area (TPSA) is 239 Å². The number of nitrogen functional groups attached to an aromatic ring is 1.